The molecular formula is C16H12N2OS2. The quantitative estimate of drug-likeness (QED) is 0.642. The minimum atomic E-state index is -0.0438. The monoisotopic (exact) mass is 312 g/mol. The zero-order valence-corrected chi connectivity index (χ0v) is 12.7. The maximum absolute atomic E-state index is 12.5. The summed E-state index contributed by atoms with van der Waals surface area (Å²) in [7, 11) is 0. The molecule has 1 saturated heterocycles. The molecule has 3 nitrogen and oxygen atoms in total. The first-order chi connectivity index (χ1) is 10.2. The van der Waals surface area contributed by atoms with Crippen molar-refractivity contribution < 1.29 is 4.79 Å². The van der Waals surface area contributed by atoms with Gasteiger partial charge in [-0.2, -0.15) is 0 Å². The third kappa shape index (κ3) is 3.20. The number of hydrogen-bond acceptors (Lipinski definition) is 4. The van der Waals surface area contributed by atoms with E-state index in [1.165, 1.54) is 11.8 Å². The van der Waals surface area contributed by atoms with Crippen LogP contribution in [-0.2, 0) is 11.3 Å². The number of benzene rings is 1. The average Bonchev–Trinajstić information content (AvgIpc) is 2.77. The van der Waals surface area contributed by atoms with E-state index >= 15 is 0 Å². The lowest BCUT2D eigenvalue weighted by Crippen LogP contribution is -2.27. The van der Waals surface area contributed by atoms with Gasteiger partial charge in [0.2, 0.25) is 0 Å². The molecule has 0 spiro atoms. The number of carbonyl (C=O) groups is 1. The molecule has 1 aromatic heterocycles. The number of amides is 1. The number of aromatic nitrogens is 1. The summed E-state index contributed by atoms with van der Waals surface area (Å²) in [4.78, 5) is 18.8. The van der Waals surface area contributed by atoms with Gasteiger partial charge < -0.3 is 0 Å². The Morgan fingerprint density at radius 3 is 2.71 bits per heavy atom. The maximum atomic E-state index is 12.5. The van der Waals surface area contributed by atoms with Gasteiger partial charge in [-0.15, -0.1) is 0 Å². The van der Waals surface area contributed by atoms with Gasteiger partial charge in [0.1, 0.15) is 4.32 Å². The average molecular weight is 312 g/mol. The van der Waals surface area contributed by atoms with Crippen LogP contribution in [0.2, 0.25) is 0 Å². The Hall–Kier alpha value is -1.98. The first-order valence-corrected chi connectivity index (χ1v) is 7.66. The highest BCUT2D eigenvalue weighted by molar-refractivity contribution is 8.26. The number of pyridine rings is 1. The highest BCUT2D eigenvalue weighted by atomic mass is 32.2. The molecule has 2 aromatic rings. The van der Waals surface area contributed by atoms with Crippen LogP contribution in [0.4, 0.5) is 0 Å². The predicted molar refractivity (Wildman–Crippen MR) is 89.4 cm³/mol. The molecule has 0 unspecified atom stereocenters. The predicted octanol–water partition coefficient (Wildman–Crippen LogP) is 3.48. The van der Waals surface area contributed by atoms with Crippen molar-refractivity contribution >= 4 is 40.3 Å². The molecule has 2 heterocycles. The van der Waals surface area contributed by atoms with Gasteiger partial charge in [-0.25, -0.2) is 0 Å². The topological polar surface area (TPSA) is 33.2 Å². The van der Waals surface area contributed by atoms with Gasteiger partial charge in [-0.1, -0.05) is 60.4 Å². The van der Waals surface area contributed by atoms with Crippen molar-refractivity contribution in [1.29, 1.82) is 0 Å². The van der Waals surface area contributed by atoms with Crippen LogP contribution >= 0.6 is 24.0 Å². The zero-order chi connectivity index (χ0) is 14.7. The van der Waals surface area contributed by atoms with Crippen LogP contribution < -0.4 is 0 Å². The van der Waals surface area contributed by atoms with Gasteiger partial charge in [0.15, 0.2) is 0 Å². The highest BCUT2D eigenvalue weighted by Crippen LogP contribution is 2.33. The standard InChI is InChI=1S/C16H12N2OS2/c19-15-14(9-12-5-2-1-3-6-12)21-16(20)18(15)11-13-7-4-8-17-10-13/h1-10H,11H2/b14-9-. The summed E-state index contributed by atoms with van der Waals surface area (Å²) in [5, 5.41) is 0. The molecular weight excluding hydrogens is 300 g/mol. The van der Waals surface area contributed by atoms with Gasteiger partial charge in [0, 0.05) is 12.4 Å². The summed E-state index contributed by atoms with van der Waals surface area (Å²) in [5.74, 6) is -0.0438. The van der Waals surface area contributed by atoms with E-state index in [2.05, 4.69) is 4.98 Å². The second-order valence-corrected chi connectivity index (χ2v) is 6.22. The molecule has 1 fully saturated rings. The van der Waals surface area contributed by atoms with Crippen LogP contribution in [0.25, 0.3) is 6.08 Å². The number of carbonyl (C=O) groups excluding carboxylic acids is 1. The number of hydrogen-bond donors (Lipinski definition) is 0. The van der Waals surface area contributed by atoms with E-state index in [-0.39, 0.29) is 5.91 Å². The molecule has 0 N–H and O–H groups in total. The lowest BCUT2D eigenvalue weighted by molar-refractivity contribution is -0.122. The second kappa shape index (κ2) is 6.20. The molecule has 0 aliphatic carbocycles. The molecule has 0 saturated carbocycles. The number of rotatable bonds is 3. The van der Waals surface area contributed by atoms with Crippen molar-refractivity contribution in [2.24, 2.45) is 0 Å². The van der Waals surface area contributed by atoms with Crippen molar-refractivity contribution in [2.75, 3.05) is 0 Å². The fraction of sp³-hybridized carbons (Fsp3) is 0.0625. The van der Waals surface area contributed by atoms with E-state index in [1.807, 2.05) is 48.5 Å². The van der Waals surface area contributed by atoms with Crippen LogP contribution in [0, 0.1) is 0 Å². The summed E-state index contributed by atoms with van der Waals surface area (Å²) in [6, 6.07) is 13.6. The number of nitrogens with zero attached hydrogens (tertiary/aromatic N) is 2. The van der Waals surface area contributed by atoms with Gasteiger partial charge in [0.05, 0.1) is 11.4 Å². The lowest BCUT2D eigenvalue weighted by Gasteiger charge is -2.13. The van der Waals surface area contributed by atoms with Crippen molar-refractivity contribution in [2.45, 2.75) is 6.54 Å². The molecule has 21 heavy (non-hydrogen) atoms. The first kappa shape index (κ1) is 14.0. The summed E-state index contributed by atoms with van der Waals surface area (Å²) >= 11 is 6.66. The summed E-state index contributed by atoms with van der Waals surface area (Å²) in [6.07, 6.45) is 5.34. The maximum Gasteiger partial charge on any atom is 0.266 e. The molecule has 1 aliphatic rings. The number of thiocarbonyl (C=S) groups is 1. The highest BCUT2D eigenvalue weighted by Gasteiger charge is 2.31. The molecule has 1 amide bonds. The van der Waals surface area contributed by atoms with E-state index in [9.17, 15) is 4.79 Å². The molecule has 1 aliphatic heterocycles. The molecule has 5 heteroatoms. The van der Waals surface area contributed by atoms with Crippen LogP contribution in [0.5, 0.6) is 0 Å². The van der Waals surface area contributed by atoms with Crippen molar-refractivity contribution in [3.63, 3.8) is 0 Å². The van der Waals surface area contributed by atoms with E-state index in [0.717, 1.165) is 11.1 Å². The Balaban J connectivity index is 1.81. The van der Waals surface area contributed by atoms with Crippen LogP contribution in [-0.4, -0.2) is 20.1 Å². The molecule has 0 bridgehead atoms. The third-order valence-electron chi connectivity index (χ3n) is 3.03. The largest absolute Gasteiger partial charge is 0.288 e. The second-order valence-electron chi connectivity index (χ2n) is 4.54. The minimum Gasteiger partial charge on any atom is -0.288 e. The van der Waals surface area contributed by atoms with Gasteiger partial charge in [-0.3, -0.25) is 14.7 Å². The Kier molecular flexibility index (Phi) is 4.13. The van der Waals surface area contributed by atoms with Gasteiger partial charge in [0.25, 0.3) is 5.91 Å². The van der Waals surface area contributed by atoms with E-state index in [1.54, 1.807) is 17.3 Å². The Labute approximate surface area is 132 Å². The fourth-order valence-electron chi connectivity index (χ4n) is 2.01. The van der Waals surface area contributed by atoms with Crippen molar-refractivity contribution in [1.82, 2.24) is 9.88 Å². The molecule has 1 aromatic carbocycles. The first-order valence-electron chi connectivity index (χ1n) is 6.43. The van der Waals surface area contributed by atoms with E-state index in [4.69, 9.17) is 12.2 Å². The Bertz CT molecular complexity index is 699. The molecule has 104 valence electrons. The van der Waals surface area contributed by atoms with Gasteiger partial charge in [-0.05, 0) is 23.3 Å². The SMILES string of the molecule is O=C1/C(=C/c2ccccc2)SC(=S)N1Cc1cccnc1. The minimum absolute atomic E-state index is 0.0438. The number of thioether (sulfide) groups is 1. The van der Waals surface area contributed by atoms with E-state index in [0.29, 0.717) is 15.8 Å². The van der Waals surface area contributed by atoms with Gasteiger partial charge >= 0.3 is 0 Å². The van der Waals surface area contributed by atoms with Crippen LogP contribution in [0.15, 0.2) is 59.8 Å². The fourth-order valence-corrected chi connectivity index (χ4v) is 3.27. The lowest BCUT2D eigenvalue weighted by atomic mass is 10.2. The molecule has 0 radical (unpaired) electrons. The summed E-state index contributed by atoms with van der Waals surface area (Å²) < 4.78 is 0.589. The van der Waals surface area contributed by atoms with Crippen molar-refractivity contribution in [3.05, 3.63) is 70.9 Å². The summed E-state index contributed by atoms with van der Waals surface area (Å²) in [5.41, 5.74) is 1.97. The van der Waals surface area contributed by atoms with Crippen LogP contribution in [0.3, 0.4) is 0 Å². The third-order valence-corrected chi connectivity index (χ3v) is 4.41. The zero-order valence-electron chi connectivity index (χ0n) is 11.1. The molecule has 3 rings (SSSR count). The molecule has 0 atom stereocenters. The Morgan fingerprint density at radius 2 is 2.00 bits per heavy atom. The summed E-state index contributed by atoms with van der Waals surface area (Å²) in [6.45, 7) is 0.463. The van der Waals surface area contributed by atoms with Crippen molar-refractivity contribution in [3.8, 4) is 0 Å². The van der Waals surface area contributed by atoms with E-state index < -0.39 is 0 Å². The Morgan fingerprint density at radius 1 is 1.19 bits per heavy atom. The smallest absolute Gasteiger partial charge is 0.266 e. The normalized spacial score (nSPS) is 16.8. The van der Waals surface area contributed by atoms with Crippen LogP contribution in [0.1, 0.15) is 11.1 Å².